The molecule has 2 aromatic rings. The zero-order valence-electron chi connectivity index (χ0n) is 19.7. The third kappa shape index (κ3) is 4.44. The second-order valence-corrected chi connectivity index (χ2v) is 10.0. The number of aromatic nitrogens is 1. The second kappa shape index (κ2) is 9.64. The maximum Gasteiger partial charge on any atom is 0.255 e. The zero-order chi connectivity index (χ0) is 23.8. The number of ether oxygens (including phenoxy) is 1. The van der Waals surface area contributed by atoms with Crippen LogP contribution in [-0.4, -0.2) is 60.6 Å². The summed E-state index contributed by atoms with van der Waals surface area (Å²) in [5.74, 6) is 0.436. The molecule has 1 aromatic carbocycles. The van der Waals surface area contributed by atoms with E-state index in [2.05, 4.69) is 16.9 Å². The number of halogens is 2. The normalized spacial score (nSPS) is 23.5. The molecule has 34 heavy (non-hydrogen) atoms. The third-order valence-corrected chi connectivity index (χ3v) is 8.11. The number of fused-ring (bicyclic) bond motifs is 3. The van der Waals surface area contributed by atoms with Gasteiger partial charge in [-0.15, -0.1) is 0 Å². The van der Waals surface area contributed by atoms with Crippen LogP contribution in [0.15, 0.2) is 18.2 Å². The minimum Gasteiger partial charge on any atom is -0.381 e. The van der Waals surface area contributed by atoms with E-state index in [1.807, 2.05) is 18.2 Å². The molecule has 2 atom stereocenters. The van der Waals surface area contributed by atoms with Gasteiger partial charge in [-0.2, -0.15) is 0 Å². The maximum absolute atomic E-state index is 13.3. The quantitative estimate of drug-likeness (QED) is 0.723. The van der Waals surface area contributed by atoms with Crippen LogP contribution in [0.1, 0.15) is 47.3 Å². The monoisotopic (exact) mass is 473 g/mol. The van der Waals surface area contributed by atoms with Gasteiger partial charge in [-0.05, 0) is 74.1 Å². The van der Waals surface area contributed by atoms with Crippen molar-refractivity contribution in [3.05, 3.63) is 35.0 Å². The molecule has 1 aromatic heterocycles. The molecule has 1 unspecified atom stereocenters. The Balaban J connectivity index is 1.33. The van der Waals surface area contributed by atoms with Gasteiger partial charge in [-0.25, -0.2) is 8.78 Å². The largest absolute Gasteiger partial charge is 0.381 e. The molecular weight excluding hydrogens is 440 g/mol. The lowest BCUT2D eigenvalue weighted by Crippen LogP contribution is -2.36. The fourth-order valence-corrected chi connectivity index (χ4v) is 6.19. The predicted molar refractivity (Wildman–Crippen MR) is 125 cm³/mol. The molecule has 2 fully saturated rings. The molecule has 0 saturated carbocycles. The van der Waals surface area contributed by atoms with Gasteiger partial charge in [0.2, 0.25) is 5.91 Å². The number of carbonyl (C=O) groups excluding carboxylic acids is 2. The Morgan fingerprint density at radius 3 is 2.71 bits per heavy atom. The average molecular weight is 474 g/mol. The van der Waals surface area contributed by atoms with E-state index in [-0.39, 0.29) is 12.5 Å². The van der Waals surface area contributed by atoms with E-state index in [0.29, 0.717) is 30.4 Å². The standard InChI is InChI=1S/C26H33F2N3O3/c1-30-22-4-2-17(16-7-10-34-11-8-16)12-20(22)21-13-18(3-5-23(21)30)26(33)31-9-6-19(15-31)25(32)29-14-24(27)28/h3,5,13,16-17,19,24H,2,4,6-12,14-15H2,1H3,(H,29,32)/t17?,19-/m1/s1. The highest BCUT2D eigenvalue weighted by atomic mass is 19.3. The van der Waals surface area contributed by atoms with Crippen LogP contribution in [-0.2, 0) is 29.4 Å². The summed E-state index contributed by atoms with van der Waals surface area (Å²) in [6, 6.07) is 5.93. The van der Waals surface area contributed by atoms with Gasteiger partial charge >= 0.3 is 0 Å². The molecule has 6 nitrogen and oxygen atoms in total. The van der Waals surface area contributed by atoms with Crippen LogP contribution in [0, 0.1) is 17.8 Å². The molecule has 1 N–H and O–H groups in total. The minimum atomic E-state index is -2.57. The number of alkyl halides is 2. The number of nitrogens with one attached hydrogen (secondary N) is 1. The zero-order valence-corrected chi connectivity index (χ0v) is 19.7. The topological polar surface area (TPSA) is 63.6 Å². The van der Waals surface area contributed by atoms with E-state index >= 15 is 0 Å². The Labute approximate surface area is 198 Å². The number of benzene rings is 1. The highest BCUT2D eigenvalue weighted by molar-refractivity contribution is 6.00. The lowest BCUT2D eigenvalue weighted by atomic mass is 9.75. The summed E-state index contributed by atoms with van der Waals surface area (Å²) in [6.45, 7) is 1.80. The molecule has 3 aliphatic rings. The average Bonchev–Trinajstić information content (AvgIpc) is 3.46. The van der Waals surface area contributed by atoms with Crippen LogP contribution in [0.4, 0.5) is 8.78 Å². The van der Waals surface area contributed by atoms with E-state index in [1.54, 1.807) is 4.90 Å². The van der Waals surface area contributed by atoms with Crippen molar-refractivity contribution in [2.45, 2.75) is 45.0 Å². The van der Waals surface area contributed by atoms with Crippen LogP contribution in [0.25, 0.3) is 10.9 Å². The fraction of sp³-hybridized carbons (Fsp3) is 0.615. The molecule has 8 heteroatoms. The van der Waals surface area contributed by atoms with Gasteiger partial charge in [0.05, 0.1) is 12.5 Å². The van der Waals surface area contributed by atoms with E-state index in [1.165, 1.54) is 17.7 Å². The Morgan fingerprint density at radius 1 is 1.15 bits per heavy atom. The van der Waals surface area contributed by atoms with Gasteiger partial charge in [0, 0.05) is 55.5 Å². The van der Waals surface area contributed by atoms with Crippen LogP contribution in [0.5, 0.6) is 0 Å². The smallest absolute Gasteiger partial charge is 0.255 e. The predicted octanol–water partition coefficient (Wildman–Crippen LogP) is 3.55. The van der Waals surface area contributed by atoms with E-state index < -0.39 is 24.8 Å². The molecule has 2 saturated heterocycles. The van der Waals surface area contributed by atoms with E-state index in [9.17, 15) is 18.4 Å². The summed E-state index contributed by atoms with van der Waals surface area (Å²) < 4.78 is 32.6. The number of aryl methyl sites for hydroxylation is 1. The highest BCUT2D eigenvalue weighted by Crippen LogP contribution is 2.39. The van der Waals surface area contributed by atoms with Gasteiger partial charge in [0.15, 0.2) is 0 Å². The SMILES string of the molecule is Cn1c2c(c3cc(C(=O)N4CC[C@@H](C(=O)NCC(F)F)C4)ccc31)CC(C1CCOCC1)CC2. The summed E-state index contributed by atoms with van der Waals surface area (Å²) in [5.41, 5.74) is 4.53. The van der Waals surface area contributed by atoms with Crippen molar-refractivity contribution in [2.24, 2.45) is 24.8 Å². The van der Waals surface area contributed by atoms with Crippen LogP contribution in [0.3, 0.4) is 0 Å². The number of rotatable bonds is 5. The summed E-state index contributed by atoms with van der Waals surface area (Å²) in [6.07, 6.45) is 3.51. The van der Waals surface area contributed by atoms with Crippen molar-refractivity contribution >= 4 is 22.7 Å². The summed E-state index contributed by atoms with van der Waals surface area (Å²) >= 11 is 0. The van der Waals surface area contributed by atoms with Crippen LogP contribution >= 0.6 is 0 Å². The lowest BCUT2D eigenvalue weighted by Gasteiger charge is -2.33. The molecule has 0 bridgehead atoms. The number of nitrogens with zero attached hydrogens (tertiary/aromatic N) is 2. The Bertz CT molecular complexity index is 1080. The molecule has 0 radical (unpaired) electrons. The Hall–Kier alpha value is -2.48. The first-order chi connectivity index (χ1) is 16.4. The van der Waals surface area contributed by atoms with E-state index in [0.717, 1.165) is 49.8 Å². The summed E-state index contributed by atoms with van der Waals surface area (Å²) in [5, 5.41) is 3.44. The number of carbonyl (C=O) groups is 2. The van der Waals surface area contributed by atoms with Crippen LogP contribution < -0.4 is 5.32 Å². The second-order valence-electron chi connectivity index (χ2n) is 10.0. The van der Waals surface area contributed by atoms with Crippen molar-refractivity contribution in [1.29, 1.82) is 0 Å². The van der Waals surface area contributed by atoms with Crippen molar-refractivity contribution in [3.63, 3.8) is 0 Å². The highest BCUT2D eigenvalue weighted by Gasteiger charge is 2.33. The van der Waals surface area contributed by atoms with Crippen molar-refractivity contribution in [3.8, 4) is 0 Å². The number of hydrogen-bond acceptors (Lipinski definition) is 3. The first-order valence-corrected chi connectivity index (χ1v) is 12.5. The molecule has 0 spiro atoms. The summed E-state index contributed by atoms with van der Waals surface area (Å²) in [7, 11) is 2.11. The van der Waals surface area contributed by atoms with Gasteiger partial charge in [0.1, 0.15) is 0 Å². The minimum absolute atomic E-state index is 0.0968. The first-order valence-electron chi connectivity index (χ1n) is 12.5. The van der Waals surface area contributed by atoms with Crippen LogP contribution in [0.2, 0.25) is 0 Å². The molecule has 2 aliphatic heterocycles. The van der Waals surface area contributed by atoms with Crippen molar-refractivity contribution in [1.82, 2.24) is 14.8 Å². The van der Waals surface area contributed by atoms with Gasteiger partial charge in [0.25, 0.3) is 12.3 Å². The lowest BCUT2D eigenvalue weighted by molar-refractivity contribution is -0.125. The Morgan fingerprint density at radius 2 is 1.94 bits per heavy atom. The van der Waals surface area contributed by atoms with Crippen molar-refractivity contribution < 1.29 is 23.1 Å². The first kappa shape index (κ1) is 23.3. The molecule has 1 aliphatic carbocycles. The van der Waals surface area contributed by atoms with E-state index in [4.69, 9.17) is 4.74 Å². The number of hydrogen-bond donors (Lipinski definition) is 1. The number of amides is 2. The Kier molecular flexibility index (Phi) is 6.60. The van der Waals surface area contributed by atoms with Gasteiger partial charge in [-0.3, -0.25) is 9.59 Å². The third-order valence-electron chi connectivity index (χ3n) is 8.11. The molecular formula is C26H33F2N3O3. The van der Waals surface area contributed by atoms with Crippen molar-refractivity contribution in [2.75, 3.05) is 32.8 Å². The van der Waals surface area contributed by atoms with Gasteiger partial charge in [-0.1, -0.05) is 0 Å². The maximum atomic E-state index is 13.3. The number of likely N-dealkylation sites (tertiary alicyclic amines) is 1. The molecule has 5 rings (SSSR count). The molecule has 2 amide bonds. The van der Waals surface area contributed by atoms with Gasteiger partial charge < -0.3 is 19.5 Å². The molecule has 3 heterocycles. The fourth-order valence-electron chi connectivity index (χ4n) is 6.19. The molecule has 184 valence electrons. The summed E-state index contributed by atoms with van der Waals surface area (Å²) in [4.78, 5) is 27.1.